The highest BCUT2D eigenvalue weighted by Crippen LogP contribution is 2.17. The number of hydrogen-bond acceptors (Lipinski definition) is 3. The number of amides is 1. The van der Waals surface area contributed by atoms with E-state index in [9.17, 15) is 9.18 Å². The lowest BCUT2D eigenvalue weighted by Crippen LogP contribution is -2.37. The molecule has 1 aromatic heterocycles. The van der Waals surface area contributed by atoms with Crippen LogP contribution in [0.5, 0.6) is 0 Å². The molecule has 3 nitrogen and oxygen atoms in total. The molecular weight excluding hydrogens is 227 g/mol. The Balaban J connectivity index is 1.97. The van der Waals surface area contributed by atoms with Gasteiger partial charge < -0.3 is 5.32 Å². The fourth-order valence-corrected chi connectivity index (χ4v) is 2.76. The molecule has 1 aliphatic rings. The molecule has 0 unspecified atom stereocenters. The van der Waals surface area contributed by atoms with E-state index in [2.05, 4.69) is 10.3 Å². The van der Waals surface area contributed by atoms with Gasteiger partial charge in [-0.3, -0.25) is 4.79 Å². The number of nitrogens with zero attached hydrogens (tertiary/aromatic N) is 1. The van der Waals surface area contributed by atoms with Crippen molar-refractivity contribution in [3.8, 4) is 0 Å². The van der Waals surface area contributed by atoms with Crippen LogP contribution in [0.1, 0.15) is 23.2 Å². The van der Waals surface area contributed by atoms with Crippen molar-refractivity contribution in [1.82, 2.24) is 10.3 Å². The highest BCUT2D eigenvalue weighted by molar-refractivity contribution is 7.99. The van der Waals surface area contributed by atoms with Crippen LogP contribution in [0.4, 0.5) is 4.39 Å². The van der Waals surface area contributed by atoms with Gasteiger partial charge in [-0.2, -0.15) is 16.2 Å². The predicted molar refractivity (Wildman–Crippen MR) is 62.0 cm³/mol. The van der Waals surface area contributed by atoms with Gasteiger partial charge in [-0.25, -0.2) is 4.98 Å². The van der Waals surface area contributed by atoms with Crippen LogP contribution in [0, 0.1) is 5.95 Å². The number of nitrogens with one attached hydrogen (secondary N) is 1. The van der Waals surface area contributed by atoms with Crippen molar-refractivity contribution in [1.29, 1.82) is 0 Å². The van der Waals surface area contributed by atoms with Gasteiger partial charge in [-0.05, 0) is 30.4 Å². The quantitative estimate of drug-likeness (QED) is 0.802. The summed E-state index contributed by atoms with van der Waals surface area (Å²) in [6.07, 6.45) is 3.29. The number of carbonyl (C=O) groups is 1. The highest BCUT2D eigenvalue weighted by atomic mass is 32.2. The summed E-state index contributed by atoms with van der Waals surface area (Å²) >= 11 is 1.90. The van der Waals surface area contributed by atoms with Gasteiger partial charge in [-0.15, -0.1) is 0 Å². The van der Waals surface area contributed by atoms with Gasteiger partial charge in [0.2, 0.25) is 5.95 Å². The van der Waals surface area contributed by atoms with Crippen LogP contribution in [0.15, 0.2) is 18.3 Å². The monoisotopic (exact) mass is 240 g/mol. The Morgan fingerprint density at radius 2 is 2.25 bits per heavy atom. The summed E-state index contributed by atoms with van der Waals surface area (Å²) in [6, 6.07) is 2.91. The van der Waals surface area contributed by atoms with Crippen molar-refractivity contribution >= 4 is 17.7 Å². The topological polar surface area (TPSA) is 42.0 Å². The summed E-state index contributed by atoms with van der Waals surface area (Å²) in [6.45, 7) is 0. The standard InChI is InChI=1S/C11H13FN2OS/c12-10-7-8(1-4-13-10)11(15)14-9-2-5-16-6-3-9/h1,4,7,9H,2-3,5-6H2,(H,14,15). The molecule has 0 spiro atoms. The molecule has 0 aromatic carbocycles. The Labute approximate surface area is 97.8 Å². The number of hydrogen-bond donors (Lipinski definition) is 1. The van der Waals surface area contributed by atoms with Gasteiger partial charge in [-0.1, -0.05) is 0 Å². The maximum Gasteiger partial charge on any atom is 0.251 e. The number of thioether (sulfide) groups is 1. The molecule has 0 aliphatic carbocycles. The predicted octanol–water partition coefficient (Wildman–Crippen LogP) is 1.85. The van der Waals surface area contributed by atoms with Gasteiger partial charge >= 0.3 is 0 Å². The zero-order chi connectivity index (χ0) is 11.4. The van der Waals surface area contributed by atoms with Gasteiger partial charge in [0.1, 0.15) is 0 Å². The van der Waals surface area contributed by atoms with E-state index in [0.717, 1.165) is 30.4 Å². The van der Waals surface area contributed by atoms with Crippen LogP contribution in [-0.2, 0) is 0 Å². The molecular formula is C11H13FN2OS. The number of aromatic nitrogens is 1. The molecule has 1 aliphatic heterocycles. The van der Waals surface area contributed by atoms with Crippen LogP contribution in [0.2, 0.25) is 0 Å². The minimum Gasteiger partial charge on any atom is -0.349 e. The van der Waals surface area contributed by atoms with Crippen LogP contribution in [-0.4, -0.2) is 28.4 Å². The summed E-state index contributed by atoms with van der Waals surface area (Å²) in [7, 11) is 0. The first kappa shape index (κ1) is 11.4. The van der Waals surface area contributed by atoms with Crippen molar-refractivity contribution in [2.45, 2.75) is 18.9 Å². The number of carbonyl (C=O) groups excluding carboxylic acids is 1. The summed E-state index contributed by atoms with van der Waals surface area (Å²) in [5.74, 6) is 1.33. The molecule has 0 bridgehead atoms. The van der Waals surface area contributed by atoms with E-state index in [1.165, 1.54) is 12.3 Å². The van der Waals surface area contributed by atoms with E-state index in [-0.39, 0.29) is 11.9 Å². The number of pyridine rings is 1. The molecule has 2 rings (SSSR count). The SMILES string of the molecule is O=C(NC1CCSCC1)c1ccnc(F)c1. The third-order valence-electron chi connectivity index (χ3n) is 2.55. The molecule has 0 atom stereocenters. The molecule has 0 saturated carbocycles. The summed E-state index contributed by atoms with van der Waals surface area (Å²) in [5, 5.41) is 2.92. The maximum atomic E-state index is 12.8. The molecule has 1 saturated heterocycles. The van der Waals surface area contributed by atoms with E-state index < -0.39 is 5.95 Å². The molecule has 1 fully saturated rings. The van der Waals surface area contributed by atoms with Crippen LogP contribution >= 0.6 is 11.8 Å². The van der Waals surface area contributed by atoms with Crippen molar-refractivity contribution in [3.63, 3.8) is 0 Å². The first-order valence-electron chi connectivity index (χ1n) is 5.26. The third-order valence-corrected chi connectivity index (χ3v) is 3.59. The summed E-state index contributed by atoms with van der Waals surface area (Å²) in [5.41, 5.74) is 0.339. The van der Waals surface area contributed by atoms with Gasteiger partial charge in [0.05, 0.1) is 0 Å². The molecule has 86 valence electrons. The van der Waals surface area contributed by atoms with Crippen molar-refractivity contribution in [3.05, 3.63) is 29.8 Å². The van der Waals surface area contributed by atoms with Crippen molar-refractivity contribution in [2.24, 2.45) is 0 Å². The Morgan fingerprint density at radius 3 is 2.94 bits per heavy atom. The summed E-state index contributed by atoms with van der Waals surface area (Å²) in [4.78, 5) is 15.2. The Hall–Kier alpha value is -1.10. The zero-order valence-corrected chi connectivity index (χ0v) is 9.60. The van der Waals surface area contributed by atoms with Crippen molar-refractivity contribution in [2.75, 3.05) is 11.5 Å². The smallest absolute Gasteiger partial charge is 0.251 e. The van der Waals surface area contributed by atoms with Crippen molar-refractivity contribution < 1.29 is 9.18 Å². The van der Waals surface area contributed by atoms with E-state index in [1.807, 2.05) is 11.8 Å². The highest BCUT2D eigenvalue weighted by Gasteiger charge is 2.17. The minimum atomic E-state index is -0.619. The molecule has 1 N–H and O–H groups in total. The normalized spacial score (nSPS) is 17.1. The fraction of sp³-hybridized carbons (Fsp3) is 0.455. The second kappa shape index (κ2) is 5.30. The second-order valence-electron chi connectivity index (χ2n) is 3.73. The van der Waals surface area contributed by atoms with Crippen LogP contribution in [0.25, 0.3) is 0 Å². The maximum absolute atomic E-state index is 12.8. The first-order chi connectivity index (χ1) is 7.75. The van der Waals surface area contributed by atoms with Gasteiger partial charge in [0, 0.05) is 23.9 Å². The van der Waals surface area contributed by atoms with Gasteiger partial charge in [0.15, 0.2) is 0 Å². The zero-order valence-electron chi connectivity index (χ0n) is 8.78. The number of rotatable bonds is 2. The summed E-state index contributed by atoms with van der Waals surface area (Å²) < 4.78 is 12.8. The molecule has 1 aromatic rings. The molecule has 5 heteroatoms. The second-order valence-corrected chi connectivity index (χ2v) is 4.95. The average molecular weight is 240 g/mol. The largest absolute Gasteiger partial charge is 0.349 e. The lowest BCUT2D eigenvalue weighted by atomic mass is 10.1. The fourth-order valence-electron chi connectivity index (χ4n) is 1.65. The van der Waals surface area contributed by atoms with E-state index >= 15 is 0 Å². The molecule has 0 radical (unpaired) electrons. The Morgan fingerprint density at radius 1 is 1.50 bits per heavy atom. The van der Waals surface area contributed by atoms with E-state index in [0.29, 0.717) is 5.56 Å². The third kappa shape index (κ3) is 2.95. The van der Waals surface area contributed by atoms with Crippen LogP contribution < -0.4 is 5.32 Å². The first-order valence-corrected chi connectivity index (χ1v) is 6.41. The lowest BCUT2D eigenvalue weighted by molar-refractivity contribution is 0.0934. The van der Waals surface area contributed by atoms with E-state index in [4.69, 9.17) is 0 Å². The molecule has 1 amide bonds. The Bertz CT molecular complexity index is 380. The minimum absolute atomic E-state index is 0.210. The molecule has 2 heterocycles. The van der Waals surface area contributed by atoms with Crippen LogP contribution in [0.3, 0.4) is 0 Å². The number of halogens is 1. The van der Waals surface area contributed by atoms with E-state index in [1.54, 1.807) is 0 Å². The lowest BCUT2D eigenvalue weighted by Gasteiger charge is -2.22. The average Bonchev–Trinajstić information content (AvgIpc) is 2.30. The molecule has 16 heavy (non-hydrogen) atoms. The Kier molecular flexibility index (Phi) is 3.77. The van der Waals surface area contributed by atoms with Gasteiger partial charge in [0.25, 0.3) is 5.91 Å².